The van der Waals surface area contributed by atoms with Crippen molar-refractivity contribution in [1.29, 1.82) is 0 Å². The Bertz CT molecular complexity index is 392. The highest BCUT2D eigenvalue weighted by Gasteiger charge is 2.36. The summed E-state index contributed by atoms with van der Waals surface area (Å²) in [6.45, 7) is 2.04. The zero-order valence-electron chi connectivity index (χ0n) is 9.42. The van der Waals surface area contributed by atoms with Crippen LogP contribution in [0.1, 0.15) is 29.8 Å². The van der Waals surface area contributed by atoms with Gasteiger partial charge in [0.1, 0.15) is 0 Å². The van der Waals surface area contributed by atoms with Crippen molar-refractivity contribution in [3.05, 3.63) is 35.4 Å². The average molecular weight is 261 g/mol. The van der Waals surface area contributed by atoms with Gasteiger partial charge in [-0.15, -0.1) is 11.8 Å². The zero-order chi connectivity index (χ0) is 12.5. The molecule has 1 aliphatic heterocycles. The number of alkyl halides is 3. The van der Waals surface area contributed by atoms with Gasteiger partial charge in [0.05, 0.1) is 10.9 Å². The molecular formula is C12H14F3NS. The van der Waals surface area contributed by atoms with E-state index in [2.05, 4.69) is 5.32 Å². The average Bonchev–Trinajstić information content (AvgIpc) is 2.76. The predicted molar refractivity (Wildman–Crippen MR) is 63.9 cm³/mol. The Kier molecular flexibility index (Phi) is 3.68. The van der Waals surface area contributed by atoms with Crippen LogP contribution in [0.5, 0.6) is 0 Å². The third-order valence-electron chi connectivity index (χ3n) is 2.89. The highest BCUT2D eigenvalue weighted by atomic mass is 32.2. The molecule has 1 aromatic carbocycles. The van der Waals surface area contributed by atoms with Crippen molar-refractivity contribution < 1.29 is 13.2 Å². The quantitative estimate of drug-likeness (QED) is 0.868. The Hall–Kier alpha value is -0.680. The lowest BCUT2D eigenvalue weighted by molar-refractivity contribution is -0.138. The number of halogens is 3. The van der Waals surface area contributed by atoms with Gasteiger partial charge in [0.15, 0.2) is 0 Å². The number of rotatable bonds is 2. The largest absolute Gasteiger partial charge is 0.416 e. The molecule has 0 aromatic heterocycles. The van der Waals surface area contributed by atoms with Gasteiger partial charge in [-0.25, -0.2) is 0 Å². The first-order valence-corrected chi connectivity index (χ1v) is 6.61. The van der Waals surface area contributed by atoms with Crippen molar-refractivity contribution in [2.75, 3.05) is 5.75 Å². The minimum atomic E-state index is -4.27. The molecule has 0 amide bonds. The highest BCUT2D eigenvalue weighted by molar-refractivity contribution is 7.99. The van der Waals surface area contributed by atoms with E-state index >= 15 is 0 Å². The summed E-state index contributed by atoms with van der Waals surface area (Å²) in [5.74, 6) is 0.868. The van der Waals surface area contributed by atoms with Crippen LogP contribution in [0.15, 0.2) is 24.3 Å². The highest BCUT2D eigenvalue weighted by Crippen LogP contribution is 2.40. The first-order chi connectivity index (χ1) is 8.02. The number of thioether (sulfide) groups is 1. The molecule has 1 heterocycles. The molecule has 2 unspecified atom stereocenters. The monoisotopic (exact) mass is 261 g/mol. The molecule has 1 aliphatic rings. The lowest BCUT2D eigenvalue weighted by atomic mass is 10.1. The van der Waals surface area contributed by atoms with Gasteiger partial charge in [0, 0.05) is 11.8 Å². The fourth-order valence-corrected chi connectivity index (χ4v) is 3.35. The molecule has 1 nitrogen and oxygen atoms in total. The third kappa shape index (κ3) is 2.77. The number of hydrogen-bond donors (Lipinski definition) is 1. The first-order valence-electron chi connectivity index (χ1n) is 5.56. The van der Waals surface area contributed by atoms with Crippen LogP contribution in [-0.2, 0) is 6.18 Å². The van der Waals surface area contributed by atoms with Crippen molar-refractivity contribution in [2.45, 2.75) is 30.9 Å². The Morgan fingerprint density at radius 3 is 2.65 bits per heavy atom. The van der Waals surface area contributed by atoms with E-state index < -0.39 is 11.7 Å². The molecule has 1 aromatic rings. The van der Waals surface area contributed by atoms with Crippen LogP contribution in [0.3, 0.4) is 0 Å². The molecule has 0 radical (unpaired) electrons. The SMILES string of the molecule is CCC1CSC(c2ccccc2C(F)(F)F)N1. The molecule has 17 heavy (non-hydrogen) atoms. The molecular weight excluding hydrogens is 247 g/mol. The molecule has 2 atom stereocenters. The maximum absolute atomic E-state index is 12.8. The molecule has 1 N–H and O–H groups in total. The Morgan fingerprint density at radius 2 is 2.06 bits per heavy atom. The predicted octanol–water partition coefficient (Wildman–Crippen LogP) is 3.82. The van der Waals surface area contributed by atoms with E-state index in [1.54, 1.807) is 23.9 Å². The van der Waals surface area contributed by atoms with Gasteiger partial charge in [-0.2, -0.15) is 13.2 Å². The van der Waals surface area contributed by atoms with Crippen LogP contribution in [0.4, 0.5) is 13.2 Å². The lowest BCUT2D eigenvalue weighted by Gasteiger charge is -2.18. The van der Waals surface area contributed by atoms with Gasteiger partial charge in [0.2, 0.25) is 0 Å². The van der Waals surface area contributed by atoms with Crippen LogP contribution >= 0.6 is 11.8 Å². The summed E-state index contributed by atoms with van der Waals surface area (Å²) in [5.41, 5.74) is -0.178. The van der Waals surface area contributed by atoms with Gasteiger partial charge in [-0.1, -0.05) is 25.1 Å². The van der Waals surface area contributed by atoms with Gasteiger partial charge in [-0.05, 0) is 18.1 Å². The summed E-state index contributed by atoms with van der Waals surface area (Å²) in [7, 11) is 0. The molecule has 1 fully saturated rings. The van der Waals surface area contributed by atoms with E-state index in [1.807, 2.05) is 6.92 Å². The van der Waals surface area contributed by atoms with E-state index in [9.17, 15) is 13.2 Å². The molecule has 94 valence electrons. The van der Waals surface area contributed by atoms with Gasteiger partial charge in [-0.3, -0.25) is 5.32 Å². The summed E-state index contributed by atoms with van der Waals surface area (Å²) in [4.78, 5) is 0. The minimum absolute atomic E-state index is 0.238. The summed E-state index contributed by atoms with van der Waals surface area (Å²) in [6, 6.07) is 6.11. The van der Waals surface area contributed by atoms with Crippen LogP contribution in [-0.4, -0.2) is 11.8 Å². The van der Waals surface area contributed by atoms with Crippen LogP contribution in [0.2, 0.25) is 0 Å². The molecule has 5 heteroatoms. The maximum atomic E-state index is 12.8. The van der Waals surface area contributed by atoms with E-state index in [0.29, 0.717) is 11.6 Å². The Morgan fingerprint density at radius 1 is 1.35 bits per heavy atom. The van der Waals surface area contributed by atoms with Gasteiger partial charge in [0.25, 0.3) is 0 Å². The Labute approximate surface area is 103 Å². The van der Waals surface area contributed by atoms with Crippen LogP contribution in [0.25, 0.3) is 0 Å². The fraction of sp³-hybridized carbons (Fsp3) is 0.500. The Balaban J connectivity index is 2.27. The van der Waals surface area contributed by atoms with E-state index in [-0.39, 0.29) is 5.37 Å². The van der Waals surface area contributed by atoms with Crippen molar-refractivity contribution in [3.8, 4) is 0 Å². The van der Waals surface area contributed by atoms with Crippen LogP contribution in [0, 0.1) is 0 Å². The summed E-state index contributed by atoms with van der Waals surface area (Å²) in [6.07, 6.45) is -3.33. The van der Waals surface area contributed by atoms with Crippen LogP contribution < -0.4 is 5.32 Å². The van der Waals surface area contributed by atoms with Crippen molar-refractivity contribution in [3.63, 3.8) is 0 Å². The van der Waals surface area contributed by atoms with Crippen molar-refractivity contribution >= 4 is 11.8 Å². The summed E-state index contributed by atoms with van der Waals surface area (Å²) in [5, 5.41) is 2.99. The summed E-state index contributed by atoms with van der Waals surface area (Å²) >= 11 is 1.55. The maximum Gasteiger partial charge on any atom is 0.416 e. The smallest absolute Gasteiger partial charge is 0.298 e. The minimum Gasteiger partial charge on any atom is -0.298 e. The van der Waals surface area contributed by atoms with E-state index in [4.69, 9.17) is 0 Å². The molecule has 1 saturated heterocycles. The van der Waals surface area contributed by atoms with E-state index in [0.717, 1.165) is 18.2 Å². The van der Waals surface area contributed by atoms with Gasteiger partial charge >= 0.3 is 6.18 Å². The standard InChI is InChI=1S/C12H14F3NS/c1-2-8-7-17-11(16-8)9-5-3-4-6-10(9)12(13,14)15/h3-6,8,11,16H,2,7H2,1H3. The normalized spacial score (nSPS) is 25.2. The number of hydrogen-bond acceptors (Lipinski definition) is 2. The molecule has 0 saturated carbocycles. The molecule has 2 rings (SSSR count). The van der Waals surface area contributed by atoms with Crippen molar-refractivity contribution in [1.82, 2.24) is 5.32 Å². The number of nitrogens with one attached hydrogen (secondary N) is 1. The second-order valence-corrected chi connectivity index (χ2v) is 5.21. The zero-order valence-corrected chi connectivity index (χ0v) is 10.2. The summed E-state index contributed by atoms with van der Waals surface area (Å²) < 4.78 is 38.5. The third-order valence-corrected chi connectivity index (χ3v) is 4.21. The lowest BCUT2D eigenvalue weighted by Crippen LogP contribution is -2.26. The topological polar surface area (TPSA) is 12.0 Å². The van der Waals surface area contributed by atoms with Gasteiger partial charge < -0.3 is 0 Å². The molecule has 0 aliphatic carbocycles. The second kappa shape index (κ2) is 4.90. The molecule has 0 bridgehead atoms. The fourth-order valence-electron chi connectivity index (χ4n) is 1.92. The number of benzene rings is 1. The van der Waals surface area contributed by atoms with Crippen molar-refractivity contribution in [2.24, 2.45) is 0 Å². The molecule has 0 spiro atoms. The first kappa shape index (κ1) is 12.8. The second-order valence-electron chi connectivity index (χ2n) is 4.07. The van der Waals surface area contributed by atoms with E-state index in [1.165, 1.54) is 6.07 Å².